The lowest BCUT2D eigenvalue weighted by molar-refractivity contribution is -0.270. The van der Waals surface area contributed by atoms with Crippen LogP contribution in [0, 0.1) is 13.8 Å². The molecule has 23 heteroatoms. The van der Waals surface area contributed by atoms with Crippen molar-refractivity contribution in [2.45, 2.75) is 89.1 Å². The summed E-state index contributed by atoms with van der Waals surface area (Å²) in [4.78, 5) is 56.3. The monoisotopic (exact) mass is 1190 g/mol. The fourth-order valence-corrected chi connectivity index (χ4v) is 7.37. The quantitative estimate of drug-likeness (QED) is 0.00883. The van der Waals surface area contributed by atoms with Crippen LogP contribution in [0.25, 0.3) is 0 Å². The van der Waals surface area contributed by atoms with Crippen molar-refractivity contribution in [1.82, 2.24) is 20.7 Å². The molecule has 4 rings (SSSR count). The highest BCUT2D eigenvalue weighted by atomic mass is 79.9. The number of aromatic nitrogens is 2. The molecule has 2 aromatic carbocycles. The summed E-state index contributed by atoms with van der Waals surface area (Å²) in [7, 11) is 0. The Morgan fingerprint density at radius 3 is 1.42 bits per heavy atom. The Bertz CT molecular complexity index is 2490. The lowest BCUT2D eigenvalue weighted by Crippen LogP contribution is -2.59. The highest BCUT2D eigenvalue weighted by Crippen LogP contribution is 2.39. The van der Waals surface area contributed by atoms with E-state index in [-0.39, 0.29) is 36.3 Å². The van der Waals surface area contributed by atoms with Crippen LogP contribution in [0.1, 0.15) is 81.8 Å². The van der Waals surface area contributed by atoms with Crippen molar-refractivity contribution in [1.29, 1.82) is 0 Å². The number of nitrogens with zero attached hydrogens (tertiary/aromatic N) is 2. The number of hydrogen-bond donors (Lipinski definition) is 4. The molecule has 0 aliphatic carbocycles. The molecule has 5 N–H and O–H groups in total. The molecule has 0 spiro atoms. The van der Waals surface area contributed by atoms with E-state index in [0.29, 0.717) is 51.2 Å². The van der Waals surface area contributed by atoms with Gasteiger partial charge in [0, 0.05) is 28.4 Å². The summed E-state index contributed by atoms with van der Waals surface area (Å²) >= 11 is 6.41. The number of carboxylic acid groups (broad SMARTS) is 1. The van der Waals surface area contributed by atoms with Gasteiger partial charge in [-0.05, 0) is 94.7 Å². The zero-order valence-electron chi connectivity index (χ0n) is 40.5. The van der Waals surface area contributed by atoms with Crippen molar-refractivity contribution >= 4 is 67.8 Å². The number of amides is 2. The largest absolute Gasteiger partial charge is 0.477 e. The van der Waals surface area contributed by atoms with Crippen molar-refractivity contribution < 1.29 is 69.6 Å². The lowest BCUT2D eigenvalue weighted by Gasteiger charge is -2.33. The molecule has 74 heavy (non-hydrogen) atoms. The first-order valence-corrected chi connectivity index (χ1v) is 23.7. The van der Waals surface area contributed by atoms with E-state index >= 15 is 0 Å². The Labute approximate surface area is 448 Å². The molecule has 404 valence electrons. The molecule has 0 aliphatic heterocycles. The van der Waals surface area contributed by atoms with Gasteiger partial charge < -0.3 is 29.4 Å². The number of hydrogen-bond acceptors (Lipinski definition) is 11. The van der Waals surface area contributed by atoms with Crippen molar-refractivity contribution in [3.63, 3.8) is 0 Å². The maximum atomic E-state index is 14.1. The Morgan fingerprint density at radius 2 is 1.05 bits per heavy atom. The van der Waals surface area contributed by atoms with Gasteiger partial charge in [-0.1, -0.05) is 85.0 Å². The number of nitrogens with one attached hydrogen (secondary N) is 2. The second-order valence-electron chi connectivity index (χ2n) is 15.5. The molecule has 0 saturated carbocycles. The van der Waals surface area contributed by atoms with Crippen LogP contribution in [0.2, 0.25) is 0 Å². The average Bonchev–Trinajstić information content (AvgIpc) is 3.34. The van der Waals surface area contributed by atoms with Crippen LogP contribution < -0.4 is 26.1 Å². The molecule has 2 heterocycles. The molecule has 4 aromatic rings. The fraction of sp³-hybridized carbons (Fsp3) is 0.333. The van der Waals surface area contributed by atoms with E-state index in [4.69, 9.17) is 29.9 Å². The molecule has 2 unspecified atom stereocenters. The summed E-state index contributed by atoms with van der Waals surface area (Å²) in [5.41, 5.74) is -2.44. The van der Waals surface area contributed by atoms with Gasteiger partial charge in [0.15, 0.2) is 5.69 Å². The Balaban J connectivity index is 0.000000608. The minimum absolute atomic E-state index is 0. The number of nitrogens with two attached hydrogens (primary N) is 1. The fourth-order valence-electron chi connectivity index (χ4n) is 6.12. The third kappa shape index (κ3) is 19.7. The standard InChI is InChI=1S/C26H28BrF3N2O4.C13H15F3N2O2.C12H14BrNO3.ClH/c1-4-6-10-14-35-23-18(3)15-20(27)22(32-23)21(33)16-31-24(34)25(13-5-2,26(28,29)30)36-17-19-11-8-7-9-12-19;1-2-8-12(11(19)18-17,13(14,15)16)20-9-10-6-4-3-5-7-10;1-3-4-5-6-17-11-8(2)7-9(13)10(14-11)12(15)16;/h4-5,7-9,11-12,15H,1-2,6,10,13-14,16-17H2,3H3,(H,31,34);2-7H,1,8-9,17H2,(H,18,19);3,7H,1,4-6H2,2H3,(H,15,16);1H. The molecule has 14 nitrogen and oxygen atoms in total. The van der Waals surface area contributed by atoms with E-state index in [1.165, 1.54) is 5.43 Å². The molecule has 0 fully saturated rings. The van der Waals surface area contributed by atoms with E-state index in [0.717, 1.165) is 37.0 Å². The number of benzene rings is 2. The van der Waals surface area contributed by atoms with Crippen LogP contribution in [0.5, 0.6) is 11.8 Å². The third-order valence-corrected chi connectivity index (χ3v) is 11.2. The molecule has 0 saturated heterocycles. The number of unbranched alkanes of at least 4 members (excludes halogenated alkanes) is 2. The molecule has 0 aliphatic rings. The van der Waals surface area contributed by atoms with Crippen LogP contribution in [-0.2, 0) is 32.3 Å². The van der Waals surface area contributed by atoms with Crippen LogP contribution in [0.3, 0.4) is 0 Å². The van der Waals surface area contributed by atoms with Gasteiger partial charge >= 0.3 is 18.3 Å². The van der Waals surface area contributed by atoms with E-state index < -0.39 is 73.1 Å². The number of aromatic carboxylic acids is 1. The molecule has 2 aromatic heterocycles. The number of hydrazine groups is 1. The number of carbonyl (C=O) groups is 4. The normalized spacial score (nSPS) is 12.5. The van der Waals surface area contributed by atoms with Crippen molar-refractivity contribution in [3.8, 4) is 11.8 Å². The molecule has 2 amide bonds. The Kier molecular flexibility index (Phi) is 29.0. The van der Waals surface area contributed by atoms with Gasteiger partial charge in [-0.2, -0.15) is 26.3 Å². The zero-order valence-corrected chi connectivity index (χ0v) is 44.4. The number of pyridine rings is 2. The van der Waals surface area contributed by atoms with Gasteiger partial charge in [0.25, 0.3) is 11.8 Å². The van der Waals surface area contributed by atoms with E-state index in [9.17, 15) is 45.5 Å². The van der Waals surface area contributed by atoms with Gasteiger partial charge in [-0.3, -0.25) is 19.8 Å². The number of alkyl halides is 6. The van der Waals surface area contributed by atoms with Gasteiger partial charge in [-0.25, -0.2) is 20.6 Å². The number of carboxylic acids is 1. The average molecular weight is 1190 g/mol. The SMILES string of the molecule is C=CCC(OCc1ccccc1)(C(=O)NN)C(F)(F)F.C=CCCCOc1nc(C(=O)CNC(=O)C(CC=C)(OCc2ccccc2)C(F)(F)F)c(Br)cc1C.C=CCCCOc1nc(C(=O)O)c(Br)cc1C.Cl. The second kappa shape index (κ2) is 32.4. The number of ether oxygens (including phenoxy) is 4. The molecule has 2 atom stereocenters. The maximum Gasteiger partial charge on any atom is 0.427 e. The molecule has 0 radical (unpaired) electrons. The molecule has 0 bridgehead atoms. The summed E-state index contributed by atoms with van der Waals surface area (Å²) < 4.78 is 104. The lowest BCUT2D eigenvalue weighted by atomic mass is 9.96. The summed E-state index contributed by atoms with van der Waals surface area (Å²) in [5, 5.41) is 11.0. The van der Waals surface area contributed by atoms with E-state index in [2.05, 4.69) is 73.5 Å². The van der Waals surface area contributed by atoms with Crippen LogP contribution in [-0.4, -0.2) is 82.0 Å². The number of halogens is 9. The van der Waals surface area contributed by atoms with E-state index in [1.807, 2.05) is 13.0 Å². The van der Waals surface area contributed by atoms with Crippen molar-refractivity contribution in [2.75, 3.05) is 19.8 Å². The molecular formula is C51H58Br2ClF6N5O9. The number of allylic oxidation sites excluding steroid dienone is 2. The van der Waals surface area contributed by atoms with Crippen LogP contribution >= 0.6 is 44.3 Å². The zero-order chi connectivity index (χ0) is 54.8. The summed E-state index contributed by atoms with van der Waals surface area (Å²) in [6.07, 6.45) is -2.93. The van der Waals surface area contributed by atoms with E-state index in [1.54, 1.807) is 85.8 Å². The van der Waals surface area contributed by atoms with Gasteiger partial charge in [0.2, 0.25) is 28.7 Å². The number of ketones is 1. The predicted molar refractivity (Wildman–Crippen MR) is 277 cm³/mol. The first-order chi connectivity index (χ1) is 34.5. The third-order valence-electron chi connectivity index (χ3n) is 10.00. The molecular weight excluding hydrogens is 1140 g/mol. The number of aryl methyl sites for hydroxylation is 2. The number of Topliss-reactive ketones (excluding diaryl/α,β-unsaturated/α-hetero) is 1. The number of carbonyl (C=O) groups excluding carboxylic acids is 3. The van der Waals surface area contributed by atoms with Crippen molar-refractivity contribution in [2.24, 2.45) is 5.84 Å². The Morgan fingerprint density at radius 1 is 0.662 bits per heavy atom. The van der Waals surface area contributed by atoms with Gasteiger partial charge in [-0.15, -0.1) is 38.7 Å². The van der Waals surface area contributed by atoms with Crippen LogP contribution in [0.15, 0.2) is 132 Å². The second-order valence-corrected chi connectivity index (χ2v) is 17.2. The first kappa shape index (κ1) is 66.1. The summed E-state index contributed by atoms with van der Waals surface area (Å²) in [6.45, 7) is 16.7. The Hall–Kier alpha value is -5.91. The minimum Gasteiger partial charge on any atom is -0.477 e. The predicted octanol–water partition coefficient (Wildman–Crippen LogP) is 11.6. The topological polar surface area (TPSA) is 201 Å². The summed E-state index contributed by atoms with van der Waals surface area (Å²) in [6, 6.07) is 19.7. The summed E-state index contributed by atoms with van der Waals surface area (Å²) in [5.74, 6) is 0.697. The van der Waals surface area contributed by atoms with Crippen molar-refractivity contribution in [3.05, 3.63) is 166 Å². The maximum absolute atomic E-state index is 14.1. The van der Waals surface area contributed by atoms with Gasteiger partial charge in [0.05, 0.1) is 37.4 Å². The smallest absolute Gasteiger partial charge is 0.427 e. The highest BCUT2D eigenvalue weighted by Gasteiger charge is 2.62. The van der Waals surface area contributed by atoms with Gasteiger partial charge in [0.1, 0.15) is 5.69 Å². The highest BCUT2D eigenvalue weighted by molar-refractivity contribution is 9.10. The number of rotatable bonds is 26. The minimum atomic E-state index is -5.07. The van der Waals surface area contributed by atoms with Crippen LogP contribution in [0.4, 0.5) is 26.3 Å². The first-order valence-electron chi connectivity index (χ1n) is 22.1.